The number of aromatic nitrogens is 2. The fourth-order valence-corrected chi connectivity index (χ4v) is 4.82. The Bertz CT molecular complexity index is 1770. The molecule has 0 spiro atoms. The van der Waals surface area contributed by atoms with E-state index < -0.39 is 0 Å². The van der Waals surface area contributed by atoms with E-state index in [4.69, 9.17) is 4.42 Å². The molecule has 3 nitrogen and oxygen atoms in total. The average molecular weight is 410 g/mol. The summed E-state index contributed by atoms with van der Waals surface area (Å²) in [7, 11) is 0. The molecule has 7 aromatic rings. The third-order valence-corrected chi connectivity index (χ3v) is 6.30. The van der Waals surface area contributed by atoms with Gasteiger partial charge < -0.3 is 8.98 Å². The highest BCUT2D eigenvalue weighted by Gasteiger charge is 2.15. The second kappa shape index (κ2) is 6.56. The van der Waals surface area contributed by atoms with E-state index in [-0.39, 0.29) is 0 Å². The SMILES string of the molecule is c1ccc(-c2ccc3c(c2)c2ccccc2n3-c2ccc3oc4cnccc4c3c2)cc1. The van der Waals surface area contributed by atoms with Crippen LogP contribution in [0.4, 0.5) is 0 Å². The summed E-state index contributed by atoms with van der Waals surface area (Å²) >= 11 is 0. The quantitative estimate of drug-likeness (QED) is 0.292. The van der Waals surface area contributed by atoms with Crippen LogP contribution in [-0.2, 0) is 0 Å². The number of para-hydroxylation sites is 1. The molecule has 7 rings (SSSR count). The van der Waals surface area contributed by atoms with Crippen molar-refractivity contribution in [2.45, 2.75) is 0 Å². The van der Waals surface area contributed by atoms with E-state index in [1.165, 1.54) is 32.9 Å². The molecule has 0 amide bonds. The minimum atomic E-state index is 0.814. The zero-order valence-corrected chi connectivity index (χ0v) is 17.2. The van der Waals surface area contributed by atoms with Gasteiger partial charge in [-0.15, -0.1) is 0 Å². The third-order valence-electron chi connectivity index (χ3n) is 6.30. The van der Waals surface area contributed by atoms with Crippen LogP contribution in [0.2, 0.25) is 0 Å². The molecule has 0 aliphatic rings. The van der Waals surface area contributed by atoms with Crippen LogP contribution in [0.5, 0.6) is 0 Å². The number of furan rings is 1. The molecular formula is C29H18N2O. The minimum absolute atomic E-state index is 0.814. The van der Waals surface area contributed by atoms with Gasteiger partial charge in [0.1, 0.15) is 5.58 Å². The molecule has 0 radical (unpaired) electrons. The predicted molar refractivity (Wildman–Crippen MR) is 131 cm³/mol. The Morgan fingerprint density at radius 1 is 0.562 bits per heavy atom. The molecule has 0 saturated carbocycles. The topological polar surface area (TPSA) is 31.0 Å². The number of benzene rings is 4. The summed E-state index contributed by atoms with van der Waals surface area (Å²) in [4.78, 5) is 4.20. The normalized spacial score (nSPS) is 11.8. The maximum Gasteiger partial charge on any atom is 0.153 e. The van der Waals surface area contributed by atoms with Crippen LogP contribution in [0.25, 0.3) is 60.6 Å². The van der Waals surface area contributed by atoms with Crippen LogP contribution in [-0.4, -0.2) is 9.55 Å². The van der Waals surface area contributed by atoms with E-state index in [1.807, 2.05) is 12.3 Å². The van der Waals surface area contributed by atoms with E-state index in [0.717, 1.165) is 27.6 Å². The summed E-state index contributed by atoms with van der Waals surface area (Å²) in [5, 5.41) is 4.70. The van der Waals surface area contributed by atoms with Gasteiger partial charge in [0.15, 0.2) is 5.58 Å². The zero-order chi connectivity index (χ0) is 21.1. The number of nitrogens with zero attached hydrogens (tertiary/aromatic N) is 2. The molecule has 0 aliphatic heterocycles. The smallest absolute Gasteiger partial charge is 0.153 e. The molecule has 3 heterocycles. The fraction of sp³-hybridized carbons (Fsp3) is 0. The molecule has 32 heavy (non-hydrogen) atoms. The van der Waals surface area contributed by atoms with Crippen molar-refractivity contribution < 1.29 is 4.42 Å². The summed E-state index contributed by atoms with van der Waals surface area (Å²) < 4.78 is 8.34. The maximum absolute atomic E-state index is 5.99. The van der Waals surface area contributed by atoms with E-state index >= 15 is 0 Å². The molecule has 3 aromatic heterocycles. The van der Waals surface area contributed by atoms with E-state index in [0.29, 0.717) is 0 Å². The first-order valence-electron chi connectivity index (χ1n) is 10.7. The fourth-order valence-electron chi connectivity index (χ4n) is 4.82. The Hall–Kier alpha value is -4.37. The molecular weight excluding hydrogens is 392 g/mol. The highest BCUT2D eigenvalue weighted by atomic mass is 16.3. The highest BCUT2D eigenvalue weighted by molar-refractivity contribution is 6.11. The van der Waals surface area contributed by atoms with Gasteiger partial charge in [-0.3, -0.25) is 4.98 Å². The van der Waals surface area contributed by atoms with Crippen LogP contribution in [0.15, 0.2) is 114 Å². The zero-order valence-electron chi connectivity index (χ0n) is 17.2. The molecule has 0 fully saturated rings. The molecule has 0 saturated heterocycles. The van der Waals surface area contributed by atoms with Gasteiger partial charge in [0.05, 0.1) is 17.2 Å². The van der Waals surface area contributed by atoms with Crippen LogP contribution in [0.1, 0.15) is 0 Å². The third kappa shape index (κ3) is 2.45. The number of fused-ring (bicyclic) bond motifs is 6. The Morgan fingerprint density at radius 2 is 1.41 bits per heavy atom. The molecule has 0 unspecified atom stereocenters. The summed E-state index contributed by atoms with van der Waals surface area (Å²) in [5.74, 6) is 0. The van der Waals surface area contributed by atoms with Crippen LogP contribution in [0, 0.1) is 0 Å². The van der Waals surface area contributed by atoms with E-state index in [1.54, 1.807) is 6.20 Å². The Kier molecular flexibility index (Phi) is 3.55. The highest BCUT2D eigenvalue weighted by Crippen LogP contribution is 2.36. The number of rotatable bonds is 2. The van der Waals surface area contributed by atoms with Gasteiger partial charge in [-0.05, 0) is 53.6 Å². The van der Waals surface area contributed by atoms with Crippen molar-refractivity contribution in [1.82, 2.24) is 9.55 Å². The maximum atomic E-state index is 5.99. The van der Waals surface area contributed by atoms with Crippen LogP contribution < -0.4 is 0 Å². The van der Waals surface area contributed by atoms with E-state index in [9.17, 15) is 0 Å². The average Bonchev–Trinajstić information content (AvgIpc) is 3.39. The summed E-state index contributed by atoms with van der Waals surface area (Å²) in [6.45, 7) is 0. The van der Waals surface area contributed by atoms with Crippen molar-refractivity contribution in [3.8, 4) is 16.8 Å². The number of hydrogen-bond acceptors (Lipinski definition) is 2. The van der Waals surface area contributed by atoms with Gasteiger partial charge >= 0.3 is 0 Å². The van der Waals surface area contributed by atoms with Crippen molar-refractivity contribution in [1.29, 1.82) is 0 Å². The molecule has 4 aromatic carbocycles. The first kappa shape index (κ1) is 17.3. The number of hydrogen-bond donors (Lipinski definition) is 0. The van der Waals surface area contributed by atoms with Crippen molar-refractivity contribution >= 4 is 43.7 Å². The lowest BCUT2D eigenvalue weighted by molar-refractivity contribution is 0.667. The molecule has 0 aliphatic carbocycles. The summed E-state index contributed by atoms with van der Waals surface area (Å²) in [5.41, 5.74) is 7.66. The van der Waals surface area contributed by atoms with Crippen molar-refractivity contribution in [2.24, 2.45) is 0 Å². The minimum Gasteiger partial charge on any atom is -0.454 e. The van der Waals surface area contributed by atoms with Crippen LogP contribution >= 0.6 is 0 Å². The first-order chi connectivity index (χ1) is 15.9. The van der Waals surface area contributed by atoms with Gasteiger partial charge in [-0.1, -0.05) is 54.6 Å². The summed E-state index contributed by atoms with van der Waals surface area (Å²) in [6, 6.07) is 34.4. The van der Waals surface area contributed by atoms with E-state index in [2.05, 4.69) is 101 Å². The van der Waals surface area contributed by atoms with Gasteiger partial charge in [0.25, 0.3) is 0 Å². The number of pyridine rings is 1. The van der Waals surface area contributed by atoms with Gasteiger partial charge in [0, 0.05) is 33.4 Å². The molecule has 150 valence electrons. The van der Waals surface area contributed by atoms with Crippen molar-refractivity contribution in [3.05, 3.63) is 109 Å². The lowest BCUT2D eigenvalue weighted by Gasteiger charge is -2.08. The summed E-state index contributed by atoms with van der Waals surface area (Å²) in [6.07, 6.45) is 3.59. The molecule has 3 heteroatoms. The monoisotopic (exact) mass is 410 g/mol. The molecule has 0 atom stereocenters. The molecule has 0 N–H and O–H groups in total. The lowest BCUT2D eigenvalue weighted by atomic mass is 10.0. The second-order valence-corrected chi connectivity index (χ2v) is 8.10. The Balaban J connectivity index is 1.53. The predicted octanol–water partition coefficient (Wildman–Crippen LogP) is 7.75. The van der Waals surface area contributed by atoms with Gasteiger partial charge in [0.2, 0.25) is 0 Å². The van der Waals surface area contributed by atoms with Crippen molar-refractivity contribution in [2.75, 3.05) is 0 Å². The first-order valence-corrected chi connectivity index (χ1v) is 10.7. The Labute approximate surface area is 184 Å². The Morgan fingerprint density at radius 3 is 2.34 bits per heavy atom. The standard InChI is InChI=1S/C29H18N2O/c1-2-6-19(7-3-1)20-10-12-27-24(16-20)22-8-4-5-9-26(22)31(27)21-11-13-28-25(17-21)23-14-15-30-18-29(23)32-28/h1-18H. The van der Waals surface area contributed by atoms with Crippen LogP contribution in [0.3, 0.4) is 0 Å². The molecule has 0 bridgehead atoms. The lowest BCUT2D eigenvalue weighted by Crippen LogP contribution is -1.93. The van der Waals surface area contributed by atoms with Crippen molar-refractivity contribution in [3.63, 3.8) is 0 Å². The second-order valence-electron chi connectivity index (χ2n) is 8.10. The largest absolute Gasteiger partial charge is 0.454 e. The van der Waals surface area contributed by atoms with Gasteiger partial charge in [-0.2, -0.15) is 0 Å². The van der Waals surface area contributed by atoms with Gasteiger partial charge in [-0.25, -0.2) is 0 Å².